The van der Waals surface area contributed by atoms with E-state index in [0.717, 1.165) is 61.0 Å². The summed E-state index contributed by atoms with van der Waals surface area (Å²) in [5, 5.41) is 4.68. The van der Waals surface area contributed by atoms with Crippen LogP contribution in [-0.2, 0) is 5.41 Å². The van der Waals surface area contributed by atoms with Gasteiger partial charge in [-0.2, -0.15) is 0 Å². The molecule has 6 heteroatoms. The van der Waals surface area contributed by atoms with Gasteiger partial charge in [-0.05, 0) is 88.5 Å². The molecule has 1 aliphatic heterocycles. The largest absolute Gasteiger partial charge is 0.309 e. The summed E-state index contributed by atoms with van der Waals surface area (Å²) in [7, 11) is 0. The molecule has 1 aliphatic rings. The van der Waals surface area contributed by atoms with Crippen LogP contribution < -0.4 is 0 Å². The van der Waals surface area contributed by atoms with Gasteiger partial charge in [-0.15, -0.1) is 0 Å². The molecule has 8 aromatic carbocycles. The van der Waals surface area contributed by atoms with Crippen LogP contribution in [0.3, 0.4) is 0 Å². The van der Waals surface area contributed by atoms with Gasteiger partial charge in [0.05, 0.1) is 22.1 Å². The quantitative estimate of drug-likeness (QED) is 0.167. The fraction of sp³-hybridized carbons (Fsp3) is 0.0508. The van der Waals surface area contributed by atoms with Crippen LogP contribution in [0.25, 0.3) is 112 Å². The van der Waals surface area contributed by atoms with Crippen molar-refractivity contribution in [2.24, 2.45) is 0 Å². The standard InChI is InChI=1S/C59H40N6/c1-59(2)49-24-15-31-60-58(49)65-53-30-27-44(64-51-28-25-41(37-16-7-3-8-17-37)32-45(51)46-33-42(26-29-52(46)64)38-18-9-4-10-19-38)36-47(53)48-34-43(35-50(59)54(48)65)57-62-55(39-20-11-5-12-21-39)61-56(63-57)40-22-13-6-14-23-40/h3-36H,1-2H3. The van der Waals surface area contributed by atoms with E-state index in [-0.39, 0.29) is 5.41 Å². The fourth-order valence-corrected chi connectivity index (χ4v) is 10.2. The number of nitrogens with zero attached hydrogens (tertiary/aromatic N) is 6. The Balaban J connectivity index is 1.09. The lowest BCUT2D eigenvalue weighted by atomic mass is 9.75. The SMILES string of the molecule is CC1(C)c2cccnc2-n2c3ccc(-n4c5ccc(-c6ccccc6)cc5c5cc(-c6ccccc6)ccc54)cc3c3cc(-c4nc(-c5ccccc5)nc(-c5ccccc5)n4)cc1c32. The molecular formula is C59H40N6. The number of benzene rings is 8. The molecule has 0 fully saturated rings. The van der Waals surface area contributed by atoms with Gasteiger partial charge in [0, 0.05) is 61.1 Å². The predicted octanol–water partition coefficient (Wildman–Crippen LogP) is 14.4. The van der Waals surface area contributed by atoms with Gasteiger partial charge < -0.3 is 4.57 Å². The van der Waals surface area contributed by atoms with E-state index in [1.54, 1.807) is 0 Å². The highest BCUT2D eigenvalue weighted by molar-refractivity contribution is 6.15. The highest BCUT2D eigenvalue weighted by atomic mass is 15.1. The van der Waals surface area contributed by atoms with Gasteiger partial charge >= 0.3 is 0 Å². The Morgan fingerprint density at radius 2 is 0.815 bits per heavy atom. The molecule has 6 nitrogen and oxygen atoms in total. The molecule has 0 saturated heterocycles. The second kappa shape index (κ2) is 14.3. The third-order valence-corrected chi connectivity index (χ3v) is 13.4. The Kier molecular flexibility index (Phi) is 8.15. The molecule has 0 radical (unpaired) electrons. The van der Waals surface area contributed by atoms with E-state index in [4.69, 9.17) is 19.9 Å². The summed E-state index contributed by atoms with van der Waals surface area (Å²) in [6.07, 6.45) is 1.91. The molecule has 0 bridgehead atoms. The lowest BCUT2D eigenvalue weighted by molar-refractivity contribution is 0.624. The average molecular weight is 833 g/mol. The van der Waals surface area contributed by atoms with Crippen LogP contribution >= 0.6 is 0 Å². The number of fused-ring (bicyclic) bond motifs is 8. The summed E-state index contributed by atoms with van der Waals surface area (Å²) in [5.74, 6) is 2.87. The summed E-state index contributed by atoms with van der Waals surface area (Å²) in [4.78, 5) is 20.5. The topological polar surface area (TPSA) is 61.4 Å². The van der Waals surface area contributed by atoms with Crippen LogP contribution in [0.4, 0.5) is 0 Å². The van der Waals surface area contributed by atoms with Crippen molar-refractivity contribution >= 4 is 43.6 Å². The lowest BCUT2D eigenvalue weighted by Gasteiger charge is -2.34. The Hall–Kier alpha value is -8.48. The summed E-state index contributed by atoms with van der Waals surface area (Å²) in [6.45, 7) is 4.62. The van der Waals surface area contributed by atoms with Gasteiger partial charge in [-0.25, -0.2) is 19.9 Å². The lowest BCUT2D eigenvalue weighted by Crippen LogP contribution is -2.27. The van der Waals surface area contributed by atoms with E-state index in [2.05, 4.69) is 187 Å². The molecule has 0 spiro atoms. The van der Waals surface area contributed by atoms with Gasteiger partial charge in [-0.3, -0.25) is 4.57 Å². The van der Waals surface area contributed by atoms with Crippen LogP contribution in [0, 0.1) is 0 Å². The van der Waals surface area contributed by atoms with Gasteiger partial charge in [0.25, 0.3) is 0 Å². The minimum Gasteiger partial charge on any atom is -0.309 e. The molecule has 0 atom stereocenters. The van der Waals surface area contributed by atoms with Crippen LogP contribution in [0.1, 0.15) is 25.0 Å². The highest BCUT2D eigenvalue weighted by Crippen LogP contribution is 2.49. The van der Waals surface area contributed by atoms with Crippen molar-refractivity contribution in [3.8, 4) is 67.9 Å². The van der Waals surface area contributed by atoms with E-state index in [9.17, 15) is 0 Å². The molecule has 12 aromatic rings. The number of hydrogen-bond acceptors (Lipinski definition) is 4. The Bertz CT molecular complexity index is 3680. The van der Waals surface area contributed by atoms with E-state index >= 15 is 0 Å². The van der Waals surface area contributed by atoms with Crippen molar-refractivity contribution in [3.63, 3.8) is 0 Å². The Morgan fingerprint density at radius 1 is 0.354 bits per heavy atom. The molecule has 0 unspecified atom stereocenters. The van der Waals surface area contributed by atoms with Crippen LogP contribution in [0.15, 0.2) is 206 Å². The van der Waals surface area contributed by atoms with Crippen molar-refractivity contribution < 1.29 is 0 Å². The molecule has 0 amide bonds. The molecular weight excluding hydrogens is 793 g/mol. The van der Waals surface area contributed by atoms with Crippen LogP contribution in [-0.4, -0.2) is 29.1 Å². The molecule has 0 aliphatic carbocycles. The smallest absolute Gasteiger partial charge is 0.164 e. The average Bonchev–Trinajstić information content (AvgIpc) is 3.88. The maximum absolute atomic E-state index is 5.22. The van der Waals surface area contributed by atoms with Gasteiger partial charge in [0.1, 0.15) is 5.82 Å². The first-order chi connectivity index (χ1) is 32.0. The zero-order valence-electron chi connectivity index (χ0n) is 35.8. The Labute approximate surface area is 375 Å². The second-order valence-electron chi connectivity index (χ2n) is 17.5. The van der Waals surface area contributed by atoms with Crippen molar-refractivity contribution in [2.45, 2.75) is 19.3 Å². The minimum absolute atomic E-state index is 0.373. The molecule has 0 saturated carbocycles. The van der Waals surface area contributed by atoms with Crippen LogP contribution in [0.2, 0.25) is 0 Å². The molecule has 5 heterocycles. The van der Waals surface area contributed by atoms with Crippen LogP contribution in [0.5, 0.6) is 0 Å². The molecule has 306 valence electrons. The normalized spacial score (nSPS) is 12.9. The zero-order chi connectivity index (χ0) is 43.2. The predicted molar refractivity (Wildman–Crippen MR) is 266 cm³/mol. The maximum atomic E-state index is 5.22. The second-order valence-corrected chi connectivity index (χ2v) is 17.5. The Morgan fingerprint density at radius 3 is 1.37 bits per heavy atom. The van der Waals surface area contributed by atoms with E-state index in [1.807, 2.05) is 42.6 Å². The van der Waals surface area contributed by atoms with E-state index in [1.165, 1.54) is 44.2 Å². The van der Waals surface area contributed by atoms with Crippen molar-refractivity contribution in [2.75, 3.05) is 0 Å². The monoisotopic (exact) mass is 832 g/mol. The van der Waals surface area contributed by atoms with E-state index < -0.39 is 0 Å². The first kappa shape index (κ1) is 37.1. The van der Waals surface area contributed by atoms with Crippen molar-refractivity contribution in [1.29, 1.82) is 0 Å². The molecule has 13 rings (SSSR count). The summed E-state index contributed by atoms with van der Waals surface area (Å²) < 4.78 is 4.80. The minimum atomic E-state index is -0.373. The maximum Gasteiger partial charge on any atom is 0.164 e. The van der Waals surface area contributed by atoms with Crippen molar-refractivity contribution in [3.05, 3.63) is 218 Å². The van der Waals surface area contributed by atoms with Gasteiger partial charge in [-0.1, -0.05) is 153 Å². The van der Waals surface area contributed by atoms with Crippen molar-refractivity contribution in [1.82, 2.24) is 29.1 Å². The molecule has 65 heavy (non-hydrogen) atoms. The first-order valence-corrected chi connectivity index (χ1v) is 22.1. The molecule has 0 N–H and O–H groups in total. The first-order valence-electron chi connectivity index (χ1n) is 22.1. The number of hydrogen-bond donors (Lipinski definition) is 0. The number of rotatable bonds is 6. The third kappa shape index (κ3) is 5.80. The number of pyridine rings is 1. The highest BCUT2D eigenvalue weighted by Gasteiger charge is 2.37. The summed E-state index contributed by atoms with van der Waals surface area (Å²) >= 11 is 0. The summed E-state index contributed by atoms with van der Waals surface area (Å²) in [6, 6.07) is 71.3. The van der Waals surface area contributed by atoms with Gasteiger partial charge in [0.2, 0.25) is 0 Å². The van der Waals surface area contributed by atoms with E-state index in [0.29, 0.717) is 17.5 Å². The molecule has 4 aromatic heterocycles. The number of aromatic nitrogens is 6. The van der Waals surface area contributed by atoms with Gasteiger partial charge in [0.15, 0.2) is 17.5 Å². The zero-order valence-corrected chi connectivity index (χ0v) is 35.8. The fourth-order valence-electron chi connectivity index (χ4n) is 10.2. The summed E-state index contributed by atoms with van der Waals surface area (Å²) in [5.41, 5.74) is 15.2. The third-order valence-electron chi connectivity index (χ3n) is 13.4.